The quantitative estimate of drug-likeness (QED) is 0.516. The zero-order valence-corrected chi connectivity index (χ0v) is 6.12. The van der Waals surface area contributed by atoms with Gasteiger partial charge in [-0.3, -0.25) is 4.79 Å². The van der Waals surface area contributed by atoms with Crippen LogP contribution in [0.4, 0.5) is 0 Å². The first-order chi connectivity index (χ1) is 3.18. The third-order valence-electron chi connectivity index (χ3n) is 0.615. The summed E-state index contributed by atoms with van der Waals surface area (Å²) in [4.78, 5) is 10.3. The van der Waals surface area contributed by atoms with Crippen molar-refractivity contribution in [1.82, 2.24) is 5.32 Å². The van der Waals surface area contributed by atoms with Gasteiger partial charge in [-0.1, -0.05) is 6.58 Å². The van der Waals surface area contributed by atoms with Crippen molar-refractivity contribution >= 4 is 19.4 Å². The van der Waals surface area contributed by atoms with E-state index in [4.69, 9.17) is 0 Å². The van der Waals surface area contributed by atoms with Crippen LogP contribution in [0.2, 0.25) is 0 Å². The molecule has 0 unspecified atom stereocenters. The lowest BCUT2D eigenvalue weighted by molar-refractivity contribution is -0.116. The normalized spacial score (nSPS) is 6.75. The van der Waals surface area contributed by atoms with Crippen molar-refractivity contribution in [2.24, 2.45) is 0 Å². The van der Waals surface area contributed by atoms with Crippen LogP contribution in [-0.2, 0) is 4.79 Å². The molecule has 0 aliphatic heterocycles. The van der Waals surface area contributed by atoms with Crippen LogP contribution in [0, 0.1) is 0 Å². The van der Waals surface area contributed by atoms with Gasteiger partial charge in [-0.05, 0) is 6.92 Å². The van der Waals surface area contributed by atoms with Gasteiger partial charge < -0.3 is 5.32 Å². The number of rotatable bonds is 1. The Morgan fingerprint density at radius 2 is 2.00 bits per heavy atom. The smallest absolute Gasteiger partial charge is 0.246 e. The minimum absolute atomic E-state index is 0. The molecular formula is C5H11NOS. The molecule has 0 fully saturated rings. The SMILES string of the molecule is C=C(C)C(=O)NC.S. The molecule has 1 amide bonds. The van der Waals surface area contributed by atoms with Crippen molar-refractivity contribution in [3.05, 3.63) is 12.2 Å². The molecule has 0 aromatic carbocycles. The number of nitrogens with one attached hydrogen (secondary N) is 1. The second kappa shape index (κ2) is 4.71. The van der Waals surface area contributed by atoms with Gasteiger partial charge in [-0.2, -0.15) is 13.5 Å². The maximum Gasteiger partial charge on any atom is 0.246 e. The van der Waals surface area contributed by atoms with Gasteiger partial charge in [0, 0.05) is 12.6 Å². The zero-order chi connectivity index (χ0) is 5.86. The molecule has 3 heteroatoms. The Hall–Kier alpha value is -0.440. The van der Waals surface area contributed by atoms with E-state index in [0.29, 0.717) is 5.57 Å². The molecule has 0 aromatic heterocycles. The van der Waals surface area contributed by atoms with Crippen molar-refractivity contribution in [1.29, 1.82) is 0 Å². The van der Waals surface area contributed by atoms with Gasteiger partial charge in [0.15, 0.2) is 0 Å². The van der Waals surface area contributed by atoms with E-state index in [1.807, 2.05) is 0 Å². The molecule has 8 heavy (non-hydrogen) atoms. The maximum atomic E-state index is 10.3. The van der Waals surface area contributed by atoms with Crippen LogP contribution >= 0.6 is 13.5 Å². The molecule has 0 rings (SSSR count). The van der Waals surface area contributed by atoms with Gasteiger partial charge in [-0.25, -0.2) is 0 Å². The third-order valence-corrected chi connectivity index (χ3v) is 0.615. The van der Waals surface area contributed by atoms with Crippen LogP contribution in [0.25, 0.3) is 0 Å². The third kappa shape index (κ3) is 3.74. The number of likely N-dealkylation sites (N-methyl/N-ethyl adjacent to an activating group) is 1. The van der Waals surface area contributed by atoms with E-state index < -0.39 is 0 Å². The number of hydrogen-bond acceptors (Lipinski definition) is 1. The second-order valence-corrected chi connectivity index (χ2v) is 1.36. The first-order valence-corrected chi connectivity index (χ1v) is 2.06. The largest absolute Gasteiger partial charge is 0.355 e. The minimum Gasteiger partial charge on any atom is -0.355 e. The van der Waals surface area contributed by atoms with E-state index in [-0.39, 0.29) is 19.4 Å². The van der Waals surface area contributed by atoms with Crippen molar-refractivity contribution in [3.63, 3.8) is 0 Å². The van der Waals surface area contributed by atoms with Crippen molar-refractivity contribution < 1.29 is 4.79 Å². The van der Waals surface area contributed by atoms with Gasteiger partial charge in [0.25, 0.3) is 0 Å². The molecular weight excluding hydrogens is 122 g/mol. The van der Waals surface area contributed by atoms with Crippen LogP contribution in [0.5, 0.6) is 0 Å². The fourth-order valence-corrected chi connectivity index (χ4v) is 0.213. The standard InChI is InChI=1S/C5H9NO.H2S/c1-4(2)5(7)6-3;/h1H2,2-3H3,(H,6,7);1H2. The zero-order valence-electron chi connectivity index (χ0n) is 5.12. The van der Waals surface area contributed by atoms with E-state index in [2.05, 4.69) is 11.9 Å². The Bertz CT molecular complexity index is 101. The highest BCUT2D eigenvalue weighted by Gasteiger charge is 1.92. The van der Waals surface area contributed by atoms with Crippen LogP contribution in [0.15, 0.2) is 12.2 Å². The Morgan fingerprint density at radius 3 is 2.00 bits per heavy atom. The van der Waals surface area contributed by atoms with E-state index in [0.717, 1.165) is 0 Å². The van der Waals surface area contributed by atoms with Crippen LogP contribution in [0.1, 0.15) is 6.92 Å². The lowest BCUT2D eigenvalue weighted by atomic mass is 10.3. The Labute approximate surface area is 56.4 Å². The number of carbonyl (C=O) groups is 1. The van der Waals surface area contributed by atoms with E-state index in [1.165, 1.54) is 0 Å². The highest BCUT2D eigenvalue weighted by molar-refractivity contribution is 7.59. The highest BCUT2D eigenvalue weighted by Crippen LogP contribution is 1.81. The van der Waals surface area contributed by atoms with Crippen LogP contribution in [-0.4, -0.2) is 13.0 Å². The predicted molar refractivity (Wildman–Crippen MR) is 39.3 cm³/mol. The minimum atomic E-state index is -0.0972. The monoisotopic (exact) mass is 133 g/mol. The summed E-state index contributed by atoms with van der Waals surface area (Å²) in [6, 6.07) is 0. The summed E-state index contributed by atoms with van der Waals surface area (Å²) in [5, 5.41) is 2.43. The first kappa shape index (κ1) is 10.5. The highest BCUT2D eigenvalue weighted by atomic mass is 32.1. The maximum absolute atomic E-state index is 10.3. The fourth-order valence-electron chi connectivity index (χ4n) is 0.213. The Balaban J connectivity index is 0. The average molecular weight is 133 g/mol. The van der Waals surface area contributed by atoms with Gasteiger partial charge in [0.2, 0.25) is 5.91 Å². The number of hydrogen-bond donors (Lipinski definition) is 1. The molecule has 0 aliphatic rings. The molecule has 0 aromatic rings. The lowest BCUT2D eigenvalue weighted by Gasteiger charge is -1.91. The summed E-state index contributed by atoms with van der Waals surface area (Å²) >= 11 is 0. The summed E-state index contributed by atoms with van der Waals surface area (Å²) in [7, 11) is 1.58. The molecule has 0 saturated carbocycles. The van der Waals surface area contributed by atoms with Gasteiger partial charge >= 0.3 is 0 Å². The van der Waals surface area contributed by atoms with Crippen LogP contribution in [0.3, 0.4) is 0 Å². The molecule has 0 atom stereocenters. The lowest BCUT2D eigenvalue weighted by Crippen LogP contribution is -2.17. The molecule has 0 bridgehead atoms. The van der Waals surface area contributed by atoms with Gasteiger partial charge in [-0.15, -0.1) is 0 Å². The fraction of sp³-hybridized carbons (Fsp3) is 0.400. The summed E-state index contributed by atoms with van der Waals surface area (Å²) in [6.45, 7) is 5.08. The average Bonchev–Trinajstić information content (AvgIpc) is 1.65. The molecule has 1 N–H and O–H groups in total. The van der Waals surface area contributed by atoms with E-state index >= 15 is 0 Å². The predicted octanol–water partition coefficient (Wildman–Crippen LogP) is 0.421. The molecule has 0 aliphatic carbocycles. The molecule has 2 nitrogen and oxygen atoms in total. The van der Waals surface area contributed by atoms with E-state index in [9.17, 15) is 4.79 Å². The van der Waals surface area contributed by atoms with Gasteiger partial charge in [0.1, 0.15) is 0 Å². The van der Waals surface area contributed by atoms with Gasteiger partial charge in [0.05, 0.1) is 0 Å². The summed E-state index contributed by atoms with van der Waals surface area (Å²) < 4.78 is 0. The summed E-state index contributed by atoms with van der Waals surface area (Å²) in [5.41, 5.74) is 0.544. The Morgan fingerprint density at radius 1 is 1.62 bits per heavy atom. The van der Waals surface area contributed by atoms with Crippen molar-refractivity contribution in [2.75, 3.05) is 7.05 Å². The molecule has 48 valence electrons. The first-order valence-electron chi connectivity index (χ1n) is 2.06. The van der Waals surface area contributed by atoms with Crippen molar-refractivity contribution in [2.45, 2.75) is 6.92 Å². The number of carbonyl (C=O) groups excluding carboxylic acids is 1. The molecule has 0 spiro atoms. The number of amides is 1. The molecule has 0 radical (unpaired) electrons. The van der Waals surface area contributed by atoms with Crippen molar-refractivity contribution in [3.8, 4) is 0 Å². The molecule has 0 heterocycles. The second-order valence-electron chi connectivity index (χ2n) is 1.36. The van der Waals surface area contributed by atoms with E-state index in [1.54, 1.807) is 14.0 Å². The summed E-state index contributed by atoms with van der Waals surface area (Å²) in [5.74, 6) is -0.0972. The molecule has 0 saturated heterocycles. The Kier molecular flexibility index (Phi) is 6.20. The summed E-state index contributed by atoms with van der Waals surface area (Å²) in [6.07, 6.45) is 0. The van der Waals surface area contributed by atoms with Crippen LogP contribution < -0.4 is 5.32 Å². The topological polar surface area (TPSA) is 29.1 Å².